The van der Waals surface area contributed by atoms with Gasteiger partial charge in [-0.2, -0.15) is 0 Å². The molecule has 0 saturated carbocycles. The van der Waals surface area contributed by atoms with Crippen LogP contribution in [0.1, 0.15) is 0 Å². The van der Waals surface area contributed by atoms with Gasteiger partial charge in [0, 0.05) is 49.4 Å². The number of nitrogens with zero attached hydrogens (tertiary/aromatic N) is 2. The summed E-state index contributed by atoms with van der Waals surface area (Å²) in [5.74, 6) is -51.2. The van der Waals surface area contributed by atoms with Crippen molar-refractivity contribution in [2.75, 3.05) is 15.1 Å². The van der Waals surface area contributed by atoms with E-state index in [9.17, 15) is 52.7 Å². The third-order valence-electron chi connectivity index (χ3n) is 24.5. The molecule has 22 aromatic carbocycles. The second-order valence-corrected chi connectivity index (χ2v) is 35.5. The molecule has 742 valence electrons. The highest BCUT2D eigenvalue weighted by molar-refractivity contribution is 9.11. The number of nitrogens with one attached hydrogen (secondary N) is 1. The lowest BCUT2D eigenvalue weighted by Crippen LogP contribution is -2.30. The van der Waals surface area contributed by atoms with Gasteiger partial charge in [-0.25, -0.2) is 105 Å². The Morgan fingerprint density at radius 2 is 0.403 bits per heavy atom. The van der Waals surface area contributed by atoms with Crippen molar-refractivity contribution in [3.63, 3.8) is 0 Å². The zero-order valence-corrected chi connectivity index (χ0v) is 80.2. The number of benzene rings is 22. The van der Waals surface area contributed by atoms with Gasteiger partial charge in [0.2, 0.25) is 0 Å². The Kier molecular flexibility index (Phi) is 29.6. The Morgan fingerprint density at radius 1 is 0.188 bits per heavy atom. The van der Waals surface area contributed by atoms with Gasteiger partial charge < -0.3 is 25.2 Å². The van der Waals surface area contributed by atoms with Crippen LogP contribution < -0.4 is 20.6 Å². The van der Waals surface area contributed by atoms with Gasteiger partial charge in [0.25, 0.3) is 0 Å². The zero-order valence-electron chi connectivity index (χ0n) is 75.4. The minimum absolute atomic E-state index is 0.0808. The summed E-state index contributed by atoms with van der Waals surface area (Å²) in [6.07, 6.45) is 0. The molecule has 0 bridgehead atoms. The number of rotatable bonds is 13. The van der Waals surface area contributed by atoms with E-state index in [0.717, 1.165) is 26.3 Å². The molecule has 0 amide bonds. The van der Waals surface area contributed by atoms with Gasteiger partial charge in [0.1, 0.15) is 11.4 Å². The average molecular weight is 2230 g/mol. The van der Waals surface area contributed by atoms with Gasteiger partial charge in [-0.3, -0.25) is 0 Å². The van der Waals surface area contributed by atoms with Crippen molar-refractivity contribution in [2.24, 2.45) is 0 Å². The maximum Gasteiger partial charge on any atom is 0.489 e. The second kappa shape index (κ2) is 42.9. The van der Waals surface area contributed by atoms with Gasteiger partial charge in [0.05, 0.1) is 69.4 Å². The number of fused-ring (bicyclic) bond motifs is 8. The van der Waals surface area contributed by atoms with Crippen LogP contribution in [0.15, 0.2) is 353 Å². The number of hydrogen-bond acceptors (Lipinski definition) is 5. The van der Waals surface area contributed by atoms with Crippen LogP contribution in [0.3, 0.4) is 0 Å². The monoisotopic (exact) mass is 2230 g/mol. The summed E-state index contributed by atoms with van der Waals surface area (Å²) >= 11 is 6.69. The number of para-hydroxylation sites is 3. The zero-order chi connectivity index (χ0) is 106. The predicted molar refractivity (Wildman–Crippen MR) is 545 cm³/mol. The fourth-order valence-corrected chi connectivity index (χ4v) is 18.8. The van der Waals surface area contributed by atoms with Gasteiger partial charge in [-0.1, -0.05) is 285 Å². The fourth-order valence-electron chi connectivity index (χ4n) is 17.7. The Labute approximate surface area is 854 Å². The van der Waals surface area contributed by atoms with Crippen LogP contribution >= 0.6 is 47.8 Å². The van der Waals surface area contributed by atoms with Crippen molar-refractivity contribution >= 4 is 192 Å². The maximum absolute atomic E-state index is 16.5. The van der Waals surface area contributed by atoms with Crippen molar-refractivity contribution in [1.82, 2.24) is 0 Å². The normalized spacial score (nSPS) is 11.3. The Bertz CT molecular complexity index is 8710. The van der Waals surface area contributed by atoms with Crippen LogP contribution in [0.4, 0.5) is 151 Å². The van der Waals surface area contributed by atoms with E-state index < -0.39 is 210 Å². The van der Waals surface area contributed by atoms with Crippen LogP contribution in [0.5, 0.6) is 0 Å². The molecular weight excluding hydrogens is 2170 g/mol. The molecule has 149 heavy (non-hydrogen) atoms. The lowest BCUT2D eigenvalue weighted by Gasteiger charge is -2.29. The molecule has 0 aromatic heterocycles. The Morgan fingerprint density at radius 3 is 0.705 bits per heavy atom. The standard InChI is InChI=1S/C42H21F8N.C32H14BrF8N.C20H15N.C12Br2F8.C10H9BO2/c43-33-30(29-20-10-14-22-11-4-7-17-26(22)29)34(44)36(46)31(35(33)45)32-37(47)39(49)42(40(50)38(32)48)51(25-15-2-1-3-16-25)41-27-18-8-5-12-23(27)21-24-13-6-9-19-28(24)41;33-22-27(38)23(34)20(24(35)28(22)39)21-25(36)29(40)32(30(41)26(21)37)42(17-10-2-1-3-11-17)31-18-12-6-4-8-15(18)14-16-9-5-7-13-19(16)31;1-2-10-17(11-3-1)21-20-18-12-6-4-8-15(18)14-16-9-5-7-13-19(16)20;13-3-9(19)5(15)1(6(16)10(3)20)2-7(17)11(21)4(14)12(22)8(2)18;12-11(13)10-7-3-5-8-4-1-2-6-9(8)10/h1-21H;1-14H;1-14,21H;;1-7,12-13H. The van der Waals surface area contributed by atoms with Crippen molar-refractivity contribution in [3.8, 4) is 44.5 Å². The summed E-state index contributed by atoms with van der Waals surface area (Å²) in [5.41, 5.74) is -12.2. The summed E-state index contributed by atoms with van der Waals surface area (Å²) in [4.78, 5) is 1.93. The highest BCUT2D eigenvalue weighted by Gasteiger charge is 2.41. The quantitative estimate of drug-likeness (QED) is 0.0353. The highest BCUT2D eigenvalue weighted by Crippen LogP contribution is 2.54. The summed E-state index contributed by atoms with van der Waals surface area (Å²) in [6, 6.07) is 99.3. The molecule has 0 aliphatic carbocycles. The van der Waals surface area contributed by atoms with Crippen LogP contribution in [0.25, 0.3) is 131 Å². The van der Waals surface area contributed by atoms with Crippen LogP contribution in [-0.4, -0.2) is 17.2 Å². The van der Waals surface area contributed by atoms with E-state index in [1.807, 2.05) is 54.6 Å². The molecule has 33 heteroatoms. The van der Waals surface area contributed by atoms with Crippen molar-refractivity contribution in [2.45, 2.75) is 0 Å². The van der Waals surface area contributed by atoms with E-state index in [1.165, 1.54) is 81.8 Å². The number of halogens is 27. The maximum atomic E-state index is 16.5. The van der Waals surface area contributed by atoms with E-state index >= 15 is 52.7 Å². The van der Waals surface area contributed by atoms with Gasteiger partial charge in [-0.05, 0) is 167 Å². The molecule has 0 aliphatic heterocycles. The molecule has 3 N–H and O–H groups in total. The lowest BCUT2D eigenvalue weighted by atomic mass is 9.77. The van der Waals surface area contributed by atoms with Gasteiger partial charge in [0.15, 0.2) is 140 Å². The Hall–Kier alpha value is -15.9. The molecule has 0 heterocycles. The predicted octanol–water partition coefficient (Wildman–Crippen LogP) is 36.3. The van der Waals surface area contributed by atoms with E-state index in [-0.39, 0.29) is 33.7 Å². The first-order valence-corrected chi connectivity index (χ1v) is 46.7. The van der Waals surface area contributed by atoms with Crippen molar-refractivity contribution in [1.29, 1.82) is 0 Å². The molecule has 0 atom stereocenters. The van der Waals surface area contributed by atoms with Gasteiger partial charge >= 0.3 is 7.12 Å². The van der Waals surface area contributed by atoms with E-state index in [1.54, 1.807) is 152 Å². The SMILES string of the molecule is Fc1c(F)c(-c2c(F)c(F)c(Br)c(F)c2F)c(F)c(F)c1Br.Fc1c(F)c(-c2c(F)c(F)c(N(c3ccccc3)c3c4ccccc4cc4ccccc34)c(F)c2F)c(F)c(F)c1Br.Fc1c(F)c(-c2cccc3ccccc23)c(F)c(F)c1-c1c(F)c(F)c(N(c2ccccc2)c2c3ccccc3cc3ccccc23)c(F)c1F.OB(O)c1cccc2ccccc12.c1ccc(Nc2c3ccccc3cc3ccccc23)cc1. The molecule has 5 nitrogen and oxygen atoms in total. The molecule has 0 spiro atoms. The molecule has 0 unspecified atom stereocenters. The number of anilines is 8. The average Bonchev–Trinajstić information content (AvgIpc) is 0.723. The van der Waals surface area contributed by atoms with Crippen molar-refractivity contribution in [3.05, 3.63) is 493 Å². The third-order valence-corrected chi connectivity index (χ3v) is 26.6. The second-order valence-electron chi connectivity index (χ2n) is 33.1. The minimum atomic E-state index is -2.26. The Balaban J connectivity index is 0.000000131. The third kappa shape index (κ3) is 18.9. The molecule has 22 rings (SSSR count). The van der Waals surface area contributed by atoms with Crippen LogP contribution in [0, 0.1) is 140 Å². The minimum Gasteiger partial charge on any atom is -0.423 e. The highest BCUT2D eigenvalue weighted by atomic mass is 79.9. The fraction of sp³-hybridized carbons (Fsp3) is 0. The van der Waals surface area contributed by atoms with Crippen LogP contribution in [-0.2, 0) is 0 Å². The first-order chi connectivity index (χ1) is 71.6. The van der Waals surface area contributed by atoms with Crippen LogP contribution in [0.2, 0.25) is 0 Å². The van der Waals surface area contributed by atoms with Gasteiger partial charge in [-0.15, -0.1) is 0 Å². The molecule has 0 fully saturated rings. The smallest absolute Gasteiger partial charge is 0.423 e. The van der Waals surface area contributed by atoms with E-state index in [4.69, 9.17) is 10.0 Å². The molecular formula is C116H59BBr3F24N3O2. The van der Waals surface area contributed by atoms with E-state index in [2.05, 4.69) is 132 Å². The molecule has 22 aromatic rings. The first-order valence-electron chi connectivity index (χ1n) is 44.3. The largest absolute Gasteiger partial charge is 0.489 e. The summed E-state index contributed by atoms with van der Waals surface area (Å²) in [6.45, 7) is 0. The summed E-state index contributed by atoms with van der Waals surface area (Å²) < 4.78 is 355. The first kappa shape index (κ1) is 103. The molecule has 0 saturated heterocycles. The van der Waals surface area contributed by atoms with E-state index in [0.29, 0.717) is 53.9 Å². The lowest BCUT2D eigenvalue weighted by molar-refractivity contribution is 0.426. The van der Waals surface area contributed by atoms with Crippen molar-refractivity contribution < 1.29 is 115 Å². The summed E-state index contributed by atoms with van der Waals surface area (Å²) in [5, 5.41) is 33.7. The topological polar surface area (TPSA) is 59.0 Å². The number of hydrogen-bond donors (Lipinski definition) is 3. The molecule has 0 radical (unpaired) electrons. The summed E-state index contributed by atoms with van der Waals surface area (Å²) in [7, 11) is -1.40. The molecule has 0 aliphatic rings.